The van der Waals surface area contributed by atoms with Gasteiger partial charge in [0.25, 0.3) is 5.91 Å². The Kier molecular flexibility index (Phi) is 6.32. The van der Waals surface area contributed by atoms with Crippen LogP contribution in [0.5, 0.6) is 17.2 Å². The predicted molar refractivity (Wildman–Crippen MR) is 137 cm³/mol. The number of methoxy groups -OCH3 is 3. The molecule has 3 aromatic carbocycles. The van der Waals surface area contributed by atoms with Crippen LogP contribution in [0.15, 0.2) is 77.2 Å². The van der Waals surface area contributed by atoms with Crippen LogP contribution in [0.4, 0.5) is 5.69 Å². The minimum absolute atomic E-state index is 0.191. The lowest BCUT2D eigenvalue weighted by Gasteiger charge is -2.14. The molecule has 0 aliphatic heterocycles. The van der Waals surface area contributed by atoms with Crippen molar-refractivity contribution in [2.75, 3.05) is 26.6 Å². The highest BCUT2D eigenvalue weighted by Crippen LogP contribution is 2.36. The van der Waals surface area contributed by atoms with Crippen molar-refractivity contribution in [2.45, 2.75) is 6.42 Å². The lowest BCUT2D eigenvalue weighted by atomic mass is 10.1. The van der Waals surface area contributed by atoms with Crippen LogP contribution in [0.2, 0.25) is 0 Å². The number of ether oxygens (including phenoxy) is 3. The molecule has 0 saturated carbocycles. The van der Waals surface area contributed by atoms with Gasteiger partial charge in [0.05, 0.1) is 38.1 Å². The van der Waals surface area contributed by atoms with Crippen LogP contribution in [0.1, 0.15) is 21.9 Å². The van der Waals surface area contributed by atoms with E-state index in [-0.39, 0.29) is 11.7 Å². The molecule has 182 valence electrons. The first-order valence-corrected chi connectivity index (χ1v) is 11.3. The summed E-state index contributed by atoms with van der Waals surface area (Å²) < 4.78 is 22.3. The van der Waals surface area contributed by atoms with Gasteiger partial charge in [0.2, 0.25) is 0 Å². The van der Waals surface area contributed by atoms with Crippen molar-refractivity contribution >= 4 is 22.6 Å². The van der Waals surface area contributed by atoms with Crippen LogP contribution in [-0.2, 0) is 6.42 Å². The molecule has 36 heavy (non-hydrogen) atoms. The van der Waals surface area contributed by atoms with E-state index < -0.39 is 0 Å². The second-order valence-electron chi connectivity index (χ2n) is 8.06. The molecule has 0 radical (unpaired) electrons. The SMILES string of the molecule is COc1cc(OC)c(Cc2ccc(C(=O)Nc3ccccc3-c3nc4ccccc4[nH]3)o2)c(OC)c1. The molecule has 2 heterocycles. The van der Waals surface area contributed by atoms with E-state index in [1.54, 1.807) is 45.6 Å². The number of rotatable bonds is 8. The van der Waals surface area contributed by atoms with E-state index in [1.807, 2.05) is 48.5 Å². The Labute approximate surface area is 207 Å². The fraction of sp³-hybridized carbons (Fsp3) is 0.143. The highest BCUT2D eigenvalue weighted by molar-refractivity contribution is 6.04. The quantitative estimate of drug-likeness (QED) is 0.294. The molecule has 0 spiro atoms. The molecule has 0 unspecified atom stereocenters. The van der Waals surface area contributed by atoms with Crippen molar-refractivity contribution in [3.8, 4) is 28.6 Å². The maximum Gasteiger partial charge on any atom is 0.291 e. The zero-order chi connectivity index (χ0) is 25.1. The molecule has 0 atom stereocenters. The predicted octanol–water partition coefficient (Wildman–Crippen LogP) is 5.69. The maximum absolute atomic E-state index is 13.1. The monoisotopic (exact) mass is 483 g/mol. The Morgan fingerprint density at radius 1 is 0.917 bits per heavy atom. The van der Waals surface area contributed by atoms with Crippen molar-refractivity contribution in [1.29, 1.82) is 0 Å². The van der Waals surface area contributed by atoms with E-state index in [9.17, 15) is 4.79 Å². The number of aromatic amines is 1. The zero-order valence-corrected chi connectivity index (χ0v) is 20.1. The largest absolute Gasteiger partial charge is 0.496 e. The number of carbonyl (C=O) groups excluding carboxylic acids is 1. The van der Waals surface area contributed by atoms with Gasteiger partial charge < -0.3 is 28.9 Å². The number of aromatic nitrogens is 2. The third-order valence-electron chi connectivity index (χ3n) is 5.87. The van der Waals surface area contributed by atoms with Crippen LogP contribution >= 0.6 is 0 Å². The van der Waals surface area contributed by atoms with Gasteiger partial charge in [-0.1, -0.05) is 24.3 Å². The molecule has 0 bridgehead atoms. The number of para-hydroxylation sites is 3. The molecular formula is C28H25N3O5. The maximum atomic E-state index is 13.1. The Bertz CT molecular complexity index is 1480. The summed E-state index contributed by atoms with van der Waals surface area (Å²) in [7, 11) is 4.74. The Morgan fingerprint density at radius 2 is 1.64 bits per heavy atom. The molecule has 5 rings (SSSR count). The van der Waals surface area contributed by atoms with Crippen molar-refractivity contribution < 1.29 is 23.4 Å². The second kappa shape index (κ2) is 9.87. The smallest absolute Gasteiger partial charge is 0.291 e. The summed E-state index contributed by atoms with van der Waals surface area (Å²) in [5.41, 5.74) is 3.97. The molecule has 8 nitrogen and oxygen atoms in total. The fourth-order valence-corrected chi connectivity index (χ4v) is 4.08. The fourth-order valence-electron chi connectivity index (χ4n) is 4.08. The molecule has 2 N–H and O–H groups in total. The number of hydrogen-bond acceptors (Lipinski definition) is 6. The normalized spacial score (nSPS) is 10.9. The standard InChI is InChI=1S/C28H25N3O5/c1-33-18-15-25(34-2)20(26(16-18)35-3)14-17-12-13-24(36-17)28(32)31-21-9-5-4-8-19(21)27-29-22-10-6-7-11-23(22)30-27/h4-13,15-16H,14H2,1-3H3,(H,29,30)(H,31,32). The first-order chi connectivity index (χ1) is 17.6. The highest BCUT2D eigenvalue weighted by Gasteiger charge is 2.19. The average Bonchev–Trinajstić information content (AvgIpc) is 3.56. The second-order valence-corrected chi connectivity index (χ2v) is 8.06. The van der Waals surface area contributed by atoms with Gasteiger partial charge in [-0.15, -0.1) is 0 Å². The lowest BCUT2D eigenvalue weighted by Crippen LogP contribution is -2.11. The first-order valence-electron chi connectivity index (χ1n) is 11.3. The van der Waals surface area contributed by atoms with Crippen LogP contribution in [0.25, 0.3) is 22.4 Å². The van der Waals surface area contributed by atoms with Gasteiger partial charge in [-0.25, -0.2) is 4.98 Å². The van der Waals surface area contributed by atoms with Gasteiger partial charge in [-0.3, -0.25) is 4.79 Å². The third-order valence-corrected chi connectivity index (χ3v) is 5.87. The molecule has 5 aromatic rings. The number of nitrogens with zero attached hydrogens (tertiary/aromatic N) is 1. The number of imidazole rings is 1. The summed E-state index contributed by atoms with van der Waals surface area (Å²) in [5, 5.41) is 2.95. The number of H-pyrrole nitrogens is 1. The number of fused-ring (bicyclic) bond motifs is 1. The molecule has 8 heteroatoms. The van der Waals surface area contributed by atoms with Crippen LogP contribution in [0.3, 0.4) is 0 Å². The van der Waals surface area contributed by atoms with Crippen LogP contribution in [-0.4, -0.2) is 37.2 Å². The zero-order valence-electron chi connectivity index (χ0n) is 20.1. The topological polar surface area (TPSA) is 98.6 Å². The molecule has 2 aromatic heterocycles. The van der Waals surface area contributed by atoms with Crippen molar-refractivity contribution in [3.63, 3.8) is 0 Å². The van der Waals surface area contributed by atoms with E-state index >= 15 is 0 Å². The summed E-state index contributed by atoms with van der Waals surface area (Å²) in [6, 6.07) is 22.3. The Hall–Kier alpha value is -4.72. The molecule has 1 amide bonds. The minimum Gasteiger partial charge on any atom is -0.496 e. The van der Waals surface area contributed by atoms with E-state index in [0.29, 0.717) is 40.9 Å². The molecular weight excluding hydrogens is 458 g/mol. The number of amides is 1. The summed E-state index contributed by atoms with van der Waals surface area (Å²) in [6.07, 6.45) is 0.374. The van der Waals surface area contributed by atoms with E-state index in [0.717, 1.165) is 22.2 Å². The van der Waals surface area contributed by atoms with E-state index in [2.05, 4.69) is 15.3 Å². The number of furan rings is 1. The molecule has 0 aliphatic rings. The highest BCUT2D eigenvalue weighted by atomic mass is 16.5. The Morgan fingerprint density at radius 3 is 2.36 bits per heavy atom. The summed E-state index contributed by atoms with van der Waals surface area (Å²) in [6.45, 7) is 0. The minimum atomic E-state index is -0.363. The average molecular weight is 484 g/mol. The summed E-state index contributed by atoms with van der Waals surface area (Å²) in [4.78, 5) is 21.0. The molecule has 0 aliphatic carbocycles. The van der Waals surface area contributed by atoms with Gasteiger partial charge in [-0.2, -0.15) is 0 Å². The first kappa shape index (κ1) is 23.0. The number of carbonyl (C=O) groups is 1. The molecule has 0 saturated heterocycles. The third kappa shape index (κ3) is 4.48. The van der Waals surface area contributed by atoms with Crippen molar-refractivity contribution in [3.05, 3.63) is 89.9 Å². The molecule has 0 fully saturated rings. The van der Waals surface area contributed by atoms with Crippen LogP contribution < -0.4 is 19.5 Å². The Balaban J connectivity index is 1.38. The van der Waals surface area contributed by atoms with E-state index in [1.165, 1.54) is 0 Å². The number of hydrogen-bond donors (Lipinski definition) is 2. The van der Waals surface area contributed by atoms with Crippen molar-refractivity contribution in [2.24, 2.45) is 0 Å². The van der Waals surface area contributed by atoms with Crippen LogP contribution in [0, 0.1) is 0 Å². The summed E-state index contributed by atoms with van der Waals surface area (Å²) in [5.74, 6) is 2.92. The van der Waals surface area contributed by atoms with E-state index in [4.69, 9.17) is 18.6 Å². The number of benzene rings is 3. The number of nitrogens with one attached hydrogen (secondary N) is 2. The summed E-state index contributed by atoms with van der Waals surface area (Å²) >= 11 is 0. The number of anilines is 1. The van der Waals surface area contributed by atoms with Gasteiger partial charge >= 0.3 is 0 Å². The van der Waals surface area contributed by atoms with Gasteiger partial charge in [0.15, 0.2) is 5.76 Å². The van der Waals surface area contributed by atoms with Crippen molar-refractivity contribution in [1.82, 2.24) is 9.97 Å². The van der Waals surface area contributed by atoms with Gasteiger partial charge in [0, 0.05) is 29.7 Å². The van der Waals surface area contributed by atoms with Gasteiger partial charge in [0.1, 0.15) is 28.8 Å². The van der Waals surface area contributed by atoms with Gasteiger partial charge in [-0.05, 0) is 36.4 Å². The lowest BCUT2D eigenvalue weighted by molar-refractivity contribution is 0.0995.